The summed E-state index contributed by atoms with van der Waals surface area (Å²) in [4.78, 5) is 2.44. The van der Waals surface area contributed by atoms with Crippen molar-refractivity contribution < 1.29 is 13.2 Å². The maximum absolute atomic E-state index is 12.5. The summed E-state index contributed by atoms with van der Waals surface area (Å²) in [6, 6.07) is 7.89. The zero-order valence-electron chi connectivity index (χ0n) is 12.1. The summed E-state index contributed by atoms with van der Waals surface area (Å²) < 4.78 is 38.6. The summed E-state index contributed by atoms with van der Waals surface area (Å²) in [6.45, 7) is 2.97. The van der Waals surface area contributed by atoms with E-state index in [0.717, 1.165) is 27.1 Å². The first-order chi connectivity index (χ1) is 9.90. The Morgan fingerprint density at radius 2 is 1.95 bits per heavy atom. The van der Waals surface area contributed by atoms with Crippen molar-refractivity contribution in [3.8, 4) is 0 Å². The molecule has 0 amide bonds. The van der Waals surface area contributed by atoms with Gasteiger partial charge in [-0.3, -0.25) is 4.90 Å². The molecule has 21 heavy (non-hydrogen) atoms. The number of halogens is 3. The van der Waals surface area contributed by atoms with Crippen LogP contribution < -0.4 is 5.32 Å². The van der Waals surface area contributed by atoms with Gasteiger partial charge in [0.2, 0.25) is 0 Å². The van der Waals surface area contributed by atoms with Crippen LogP contribution in [0.15, 0.2) is 24.3 Å². The second-order valence-electron chi connectivity index (χ2n) is 5.07. The molecule has 0 saturated carbocycles. The minimum atomic E-state index is -4.16. The number of fused-ring (bicyclic) bond motifs is 1. The van der Waals surface area contributed by atoms with Gasteiger partial charge in [-0.05, 0) is 30.6 Å². The number of hydrogen-bond donors (Lipinski definition) is 1. The molecule has 0 aliphatic carbocycles. The number of thiophene rings is 1. The fourth-order valence-corrected chi connectivity index (χ4v) is 3.52. The molecule has 0 saturated heterocycles. The fraction of sp³-hybridized carbons (Fsp3) is 0.467. The molecular weight excluding hydrogens is 297 g/mol. The zero-order chi connectivity index (χ0) is 15.5. The predicted molar refractivity (Wildman–Crippen MR) is 81.6 cm³/mol. The van der Waals surface area contributed by atoms with E-state index in [9.17, 15) is 13.2 Å². The Morgan fingerprint density at radius 3 is 2.62 bits per heavy atom. The maximum atomic E-state index is 12.5. The first kappa shape index (κ1) is 16.3. The Kier molecular flexibility index (Phi) is 5.24. The van der Waals surface area contributed by atoms with Crippen LogP contribution in [0.25, 0.3) is 10.1 Å². The summed E-state index contributed by atoms with van der Waals surface area (Å²) >= 11 is 1.65. The van der Waals surface area contributed by atoms with Crippen molar-refractivity contribution in [3.05, 3.63) is 34.7 Å². The van der Waals surface area contributed by atoms with Crippen molar-refractivity contribution >= 4 is 21.4 Å². The maximum Gasteiger partial charge on any atom is 0.401 e. The monoisotopic (exact) mass is 316 g/mol. The van der Waals surface area contributed by atoms with Crippen LogP contribution in [0.1, 0.15) is 17.4 Å². The van der Waals surface area contributed by atoms with E-state index in [1.165, 1.54) is 11.9 Å². The van der Waals surface area contributed by atoms with E-state index in [-0.39, 0.29) is 0 Å². The third-order valence-corrected chi connectivity index (χ3v) is 4.41. The Morgan fingerprint density at radius 1 is 1.24 bits per heavy atom. The van der Waals surface area contributed by atoms with Gasteiger partial charge >= 0.3 is 6.18 Å². The first-order valence-corrected chi connectivity index (χ1v) is 7.67. The number of nitrogens with one attached hydrogen (secondary N) is 1. The first-order valence-electron chi connectivity index (χ1n) is 6.86. The van der Waals surface area contributed by atoms with E-state index in [0.29, 0.717) is 13.1 Å². The molecule has 116 valence electrons. The molecule has 0 bridgehead atoms. The van der Waals surface area contributed by atoms with Crippen LogP contribution in [0.5, 0.6) is 0 Å². The normalized spacial score (nSPS) is 12.5. The van der Waals surface area contributed by atoms with Crippen molar-refractivity contribution in [2.45, 2.75) is 26.2 Å². The minimum Gasteiger partial charge on any atom is -0.312 e. The molecule has 1 aromatic heterocycles. The number of rotatable bonds is 6. The van der Waals surface area contributed by atoms with Crippen LogP contribution in [0.4, 0.5) is 13.2 Å². The lowest BCUT2D eigenvalue weighted by Crippen LogP contribution is -2.30. The number of benzene rings is 1. The van der Waals surface area contributed by atoms with E-state index >= 15 is 0 Å². The third-order valence-electron chi connectivity index (χ3n) is 3.19. The Labute approximate surface area is 126 Å². The Balaban J connectivity index is 2.27. The molecule has 2 aromatic rings. The summed E-state index contributed by atoms with van der Waals surface area (Å²) in [5.41, 5.74) is 1.00. The predicted octanol–water partition coefficient (Wildman–Crippen LogP) is 4.00. The molecular formula is C15H19F3N2S. The minimum absolute atomic E-state index is 0.310. The van der Waals surface area contributed by atoms with E-state index < -0.39 is 12.7 Å². The van der Waals surface area contributed by atoms with E-state index in [1.54, 1.807) is 11.3 Å². The second kappa shape index (κ2) is 6.77. The summed E-state index contributed by atoms with van der Waals surface area (Å²) in [5.74, 6) is 0. The van der Waals surface area contributed by atoms with Crippen molar-refractivity contribution in [1.29, 1.82) is 0 Å². The highest BCUT2D eigenvalue weighted by Crippen LogP contribution is 2.32. The second-order valence-corrected chi connectivity index (χ2v) is 6.20. The van der Waals surface area contributed by atoms with Crippen molar-refractivity contribution in [3.63, 3.8) is 0 Å². The topological polar surface area (TPSA) is 15.3 Å². The van der Waals surface area contributed by atoms with E-state index in [1.807, 2.05) is 31.2 Å². The smallest absolute Gasteiger partial charge is 0.312 e. The standard InChI is InChI=1S/C15H19F3N2S/c1-3-19-8-14-12(9-20(2)10-15(16,17)18)11-6-4-5-7-13(11)21-14/h4-7,19H,3,8-10H2,1-2H3. The molecule has 1 aromatic carbocycles. The molecule has 2 rings (SSSR count). The highest BCUT2D eigenvalue weighted by Gasteiger charge is 2.29. The lowest BCUT2D eigenvalue weighted by molar-refractivity contribution is -0.144. The molecule has 1 heterocycles. The van der Waals surface area contributed by atoms with E-state index in [4.69, 9.17) is 0 Å². The zero-order valence-corrected chi connectivity index (χ0v) is 12.9. The van der Waals surface area contributed by atoms with Crippen molar-refractivity contribution in [2.75, 3.05) is 20.1 Å². The van der Waals surface area contributed by atoms with Gasteiger partial charge in [-0.25, -0.2) is 0 Å². The Bertz CT molecular complexity index is 592. The van der Waals surface area contributed by atoms with Crippen LogP contribution in [0.2, 0.25) is 0 Å². The Hall–Kier alpha value is -1.11. The van der Waals surface area contributed by atoms with Crippen LogP contribution in [0.3, 0.4) is 0 Å². The van der Waals surface area contributed by atoms with Gasteiger partial charge in [0, 0.05) is 22.7 Å². The number of nitrogens with zero attached hydrogens (tertiary/aromatic N) is 1. The highest BCUT2D eigenvalue weighted by atomic mass is 32.1. The van der Waals surface area contributed by atoms with Crippen molar-refractivity contribution in [1.82, 2.24) is 10.2 Å². The molecule has 1 N–H and O–H groups in total. The van der Waals surface area contributed by atoms with Gasteiger partial charge < -0.3 is 5.32 Å². The lowest BCUT2D eigenvalue weighted by Gasteiger charge is -2.19. The third kappa shape index (κ3) is 4.43. The largest absolute Gasteiger partial charge is 0.401 e. The van der Waals surface area contributed by atoms with Gasteiger partial charge in [-0.15, -0.1) is 11.3 Å². The van der Waals surface area contributed by atoms with Crippen LogP contribution in [-0.4, -0.2) is 31.2 Å². The van der Waals surface area contributed by atoms with Gasteiger partial charge in [0.1, 0.15) is 0 Å². The number of hydrogen-bond acceptors (Lipinski definition) is 3. The van der Waals surface area contributed by atoms with E-state index in [2.05, 4.69) is 5.32 Å². The average Bonchev–Trinajstić information content (AvgIpc) is 2.72. The molecule has 0 spiro atoms. The molecule has 2 nitrogen and oxygen atoms in total. The quantitative estimate of drug-likeness (QED) is 0.866. The van der Waals surface area contributed by atoms with Gasteiger partial charge in [-0.2, -0.15) is 13.2 Å². The molecule has 6 heteroatoms. The molecule has 0 radical (unpaired) electrons. The number of alkyl halides is 3. The molecule has 0 aliphatic rings. The van der Waals surface area contributed by atoms with Gasteiger partial charge in [0.15, 0.2) is 0 Å². The van der Waals surface area contributed by atoms with Crippen molar-refractivity contribution in [2.24, 2.45) is 0 Å². The molecule has 0 unspecified atom stereocenters. The van der Waals surface area contributed by atoms with Gasteiger partial charge in [0.05, 0.1) is 6.54 Å². The van der Waals surface area contributed by atoms with Gasteiger partial charge in [0.25, 0.3) is 0 Å². The van der Waals surface area contributed by atoms with Crippen LogP contribution in [-0.2, 0) is 13.1 Å². The highest BCUT2D eigenvalue weighted by molar-refractivity contribution is 7.19. The van der Waals surface area contributed by atoms with Crippen LogP contribution >= 0.6 is 11.3 Å². The molecule has 0 atom stereocenters. The van der Waals surface area contributed by atoms with Crippen LogP contribution in [0, 0.1) is 0 Å². The summed E-state index contributed by atoms with van der Waals surface area (Å²) in [6.07, 6.45) is -4.16. The fourth-order valence-electron chi connectivity index (χ4n) is 2.34. The summed E-state index contributed by atoms with van der Waals surface area (Å²) in [5, 5.41) is 4.32. The summed E-state index contributed by atoms with van der Waals surface area (Å²) in [7, 11) is 1.51. The molecule has 0 aliphatic heterocycles. The lowest BCUT2D eigenvalue weighted by atomic mass is 10.1. The van der Waals surface area contributed by atoms with Gasteiger partial charge in [-0.1, -0.05) is 25.1 Å². The molecule has 0 fully saturated rings. The SMILES string of the molecule is CCNCc1sc2ccccc2c1CN(C)CC(F)(F)F. The average molecular weight is 316 g/mol.